The van der Waals surface area contributed by atoms with E-state index in [4.69, 9.17) is 16.7 Å². The second-order valence-corrected chi connectivity index (χ2v) is 5.40. The lowest BCUT2D eigenvalue weighted by Gasteiger charge is -2.05. The highest BCUT2D eigenvalue weighted by Crippen LogP contribution is 2.21. The van der Waals surface area contributed by atoms with Gasteiger partial charge in [-0.2, -0.15) is 0 Å². The number of nitrogens with one attached hydrogen (secondary N) is 1. The van der Waals surface area contributed by atoms with Crippen LogP contribution in [0.15, 0.2) is 28.2 Å². The van der Waals surface area contributed by atoms with E-state index in [1.807, 2.05) is 0 Å². The van der Waals surface area contributed by atoms with Crippen molar-refractivity contribution in [2.24, 2.45) is 0 Å². The van der Waals surface area contributed by atoms with E-state index in [1.165, 1.54) is 13.0 Å². The molecule has 0 amide bonds. The Morgan fingerprint density at radius 3 is 2.94 bits per heavy atom. The minimum atomic E-state index is -0.959. The molecule has 1 atom stereocenters. The van der Waals surface area contributed by atoms with Crippen LogP contribution in [0.25, 0.3) is 10.9 Å². The summed E-state index contributed by atoms with van der Waals surface area (Å²) >= 11 is 6.78. The average Bonchev–Trinajstić information content (AvgIpc) is 2.30. The van der Waals surface area contributed by atoms with Gasteiger partial charge in [-0.05, 0) is 25.1 Å². The van der Waals surface area contributed by atoms with Crippen LogP contribution in [0.5, 0.6) is 0 Å². The van der Waals surface area contributed by atoms with Gasteiger partial charge in [0.15, 0.2) is 5.16 Å². The highest BCUT2D eigenvalue weighted by molar-refractivity contribution is 8.00. The lowest BCUT2D eigenvalue weighted by molar-refractivity contribution is -0.136. The summed E-state index contributed by atoms with van der Waals surface area (Å²) in [6, 6.07) is 4.78. The van der Waals surface area contributed by atoms with E-state index < -0.39 is 11.2 Å². The number of aliphatic carboxylic acids is 1. The fourth-order valence-electron chi connectivity index (χ4n) is 1.36. The number of hydrogen-bond acceptors (Lipinski definition) is 4. The number of aromatic amines is 1. The Labute approximate surface area is 111 Å². The van der Waals surface area contributed by atoms with Gasteiger partial charge in [-0.3, -0.25) is 9.59 Å². The van der Waals surface area contributed by atoms with Crippen LogP contribution in [0.4, 0.5) is 0 Å². The van der Waals surface area contributed by atoms with Crippen molar-refractivity contribution in [1.82, 2.24) is 9.97 Å². The Balaban J connectivity index is 2.46. The summed E-state index contributed by atoms with van der Waals surface area (Å²) in [4.78, 5) is 29.2. The molecule has 94 valence electrons. The van der Waals surface area contributed by atoms with Crippen molar-refractivity contribution in [3.63, 3.8) is 0 Å². The number of carboxylic acids is 1. The van der Waals surface area contributed by atoms with Gasteiger partial charge in [0.1, 0.15) is 5.25 Å². The summed E-state index contributed by atoms with van der Waals surface area (Å²) in [5.41, 5.74) is 0.158. The van der Waals surface area contributed by atoms with E-state index in [1.54, 1.807) is 12.1 Å². The molecule has 0 spiro atoms. The van der Waals surface area contributed by atoms with Gasteiger partial charge in [0.2, 0.25) is 0 Å². The third kappa shape index (κ3) is 2.65. The molecule has 18 heavy (non-hydrogen) atoms. The fraction of sp³-hybridized carbons (Fsp3) is 0.182. The van der Waals surface area contributed by atoms with Gasteiger partial charge < -0.3 is 10.1 Å². The number of nitrogens with zero attached hydrogens (tertiary/aromatic N) is 1. The number of hydrogen-bond donors (Lipinski definition) is 2. The van der Waals surface area contributed by atoms with Crippen LogP contribution in [0.3, 0.4) is 0 Å². The zero-order valence-corrected chi connectivity index (χ0v) is 10.9. The van der Waals surface area contributed by atoms with E-state index in [0.717, 1.165) is 11.8 Å². The lowest BCUT2D eigenvalue weighted by atomic mass is 10.2. The molecule has 0 bridgehead atoms. The summed E-state index contributed by atoms with van der Waals surface area (Å²) in [6.45, 7) is 1.53. The summed E-state index contributed by atoms with van der Waals surface area (Å²) in [7, 11) is 0. The predicted octanol–water partition coefficient (Wildman–Crippen LogP) is 2.14. The molecule has 0 aliphatic carbocycles. The fourth-order valence-corrected chi connectivity index (χ4v) is 2.27. The van der Waals surface area contributed by atoms with Crippen molar-refractivity contribution in [2.45, 2.75) is 17.3 Å². The van der Waals surface area contributed by atoms with Crippen LogP contribution in [0.2, 0.25) is 5.02 Å². The SMILES string of the molecule is C[C@@H](Sc1nc2ccc(Cl)cc2c(=O)[nH]1)C(=O)O. The molecule has 2 aromatic rings. The second kappa shape index (κ2) is 4.99. The number of halogens is 1. The van der Waals surface area contributed by atoms with Crippen LogP contribution in [-0.4, -0.2) is 26.3 Å². The molecule has 2 N–H and O–H groups in total. The number of carbonyl (C=O) groups is 1. The van der Waals surface area contributed by atoms with Gasteiger partial charge in [0, 0.05) is 5.02 Å². The zero-order valence-electron chi connectivity index (χ0n) is 9.31. The number of rotatable bonds is 3. The summed E-state index contributed by atoms with van der Waals surface area (Å²) in [5, 5.41) is 9.24. The van der Waals surface area contributed by atoms with E-state index in [-0.39, 0.29) is 10.7 Å². The molecule has 0 saturated heterocycles. The maximum atomic E-state index is 11.8. The van der Waals surface area contributed by atoms with Gasteiger partial charge in [-0.1, -0.05) is 23.4 Å². The third-order valence-corrected chi connectivity index (χ3v) is 3.49. The minimum Gasteiger partial charge on any atom is -0.480 e. The summed E-state index contributed by atoms with van der Waals surface area (Å²) in [6.07, 6.45) is 0. The van der Waals surface area contributed by atoms with Crippen LogP contribution in [-0.2, 0) is 4.79 Å². The molecule has 5 nitrogen and oxygen atoms in total. The zero-order chi connectivity index (χ0) is 13.3. The molecule has 0 saturated carbocycles. The Morgan fingerprint density at radius 2 is 2.28 bits per heavy atom. The predicted molar refractivity (Wildman–Crippen MR) is 70.3 cm³/mol. The van der Waals surface area contributed by atoms with Gasteiger partial charge in [-0.15, -0.1) is 0 Å². The first-order valence-corrected chi connectivity index (χ1v) is 6.32. The quantitative estimate of drug-likeness (QED) is 0.666. The average molecular weight is 285 g/mol. The van der Waals surface area contributed by atoms with Gasteiger partial charge in [-0.25, -0.2) is 4.98 Å². The van der Waals surface area contributed by atoms with Gasteiger partial charge in [0.05, 0.1) is 10.9 Å². The van der Waals surface area contributed by atoms with Crippen LogP contribution < -0.4 is 5.56 Å². The van der Waals surface area contributed by atoms with E-state index in [2.05, 4.69) is 9.97 Å². The van der Waals surface area contributed by atoms with E-state index in [0.29, 0.717) is 15.9 Å². The smallest absolute Gasteiger partial charge is 0.316 e. The molecule has 0 aliphatic heterocycles. The molecule has 0 radical (unpaired) electrons. The van der Waals surface area contributed by atoms with E-state index in [9.17, 15) is 9.59 Å². The minimum absolute atomic E-state index is 0.282. The molecule has 1 heterocycles. The maximum absolute atomic E-state index is 11.8. The molecule has 7 heteroatoms. The van der Waals surface area contributed by atoms with Crippen LogP contribution in [0.1, 0.15) is 6.92 Å². The first kappa shape index (κ1) is 12.9. The van der Waals surface area contributed by atoms with Crippen molar-refractivity contribution < 1.29 is 9.90 Å². The van der Waals surface area contributed by atoms with Crippen molar-refractivity contribution in [1.29, 1.82) is 0 Å². The molecular weight excluding hydrogens is 276 g/mol. The number of benzene rings is 1. The van der Waals surface area contributed by atoms with Crippen molar-refractivity contribution in [2.75, 3.05) is 0 Å². The monoisotopic (exact) mass is 284 g/mol. The molecule has 0 unspecified atom stereocenters. The van der Waals surface area contributed by atoms with Gasteiger partial charge >= 0.3 is 5.97 Å². The first-order valence-electron chi connectivity index (χ1n) is 5.06. The Morgan fingerprint density at radius 1 is 1.56 bits per heavy atom. The van der Waals surface area contributed by atoms with Crippen LogP contribution in [0, 0.1) is 0 Å². The van der Waals surface area contributed by atoms with Crippen LogP contribution >= 0.6 is 23.4 Å². The molecule has 0 fully saturated rings. The molecule has 0 aliphatic rings. The second-order valence-electron chi connectivity index (χ2n) is 3.63. The Hall–Kier alpha value is -1.53. The standard InChI is InChI=1S/C11H9ClN2O3S/c1-5(10(16)17)18-11-13-8-3-2-6(12)4-7(8)9(15)14-11/h2-5H,1H3,(H,16,17)(H,13,14,15)/t5-/m1/s1. The largest absolute Gasteiger partial charge is 0.480 e. The van der Waals surface area contributed by atoms with Gasteiger partial charge in [0.25, 0.3) is 5.56 Å². The number of H-pyrrole nitrogens is 1. The van der Waals surface area contributed by atoms with Crippen molar-refractivity contribution in [3.8, 4) is 0 Å². The molecule has 2 rings (SSSR count). The van der Waals surface area contributed by atoms with Crippen molar-refractivity contribution in [3.05, 3.63) is 33.6 Å². The topological polar surface area (TPSA) is 83.0 Å². The van der Waals surface area contributed by atoms with E-state index >= 15 is 0 Å². The number of thioether (sulfide) groups is 1. The molecule has 1 aromatic carbocycles. The third-order valence-electron chi connectivity index (χ3n) is 2.28. The summed E-state index contributed by atoms with van der Waals surface area (Å²) < 4.78 is 0. The molecule has 1 aromatic heterocycles. The summed E-state index contributed by atoms with van der Waals surface area (Å²) in [5.74, 6) is -0.959. The Bertz CT molecular complexity index is 671. The lowest BCUT2D eigenvalue weighted by Crippen LogP contribution is -2.15. The molecular formula is C11H9ClN2O3S. The Kier molecular flexibility index (Phi) is 3.58. The highest BCUT2D eigenvalue weighted by Gasteiger charge is 2.14. The first-order chi connectivity index (χ1) is 8.47. The normalized spacial score (nSPS) is 12.6. The maximum Gasteiger partial charge on any atom is 0.316 e. The van der Waals surface area contributed by atoms with Crippen molar-refractivity contribution >= 4 is 40.2 Å². The highest BCUT2D eigenvalue weighted by atomic mass is 35.5. The number of carboxylic acid groups (broad SMARTS) is 1. The number of aromatic nitrogens is 2. The number of fused-ring (bicyclic) bond motifs is 1.